The Kier molecular flexibility index (Phi) is 7.49. The van der Waals surface area contributed by atoms with Crippen LogP contribution in [-0.2, 0) is 0 Å². The van der Waals surface area contributed by atoms with Crippen molar-refractivity contribution in [1.82, 2.24) is 9.97 Å². The molecular formula is C18H16F5N5OS2. The molecule has 2 aromatic heterocycles. The van der Waals surface area contributed by atoms with Crippen LogP contribution in [-0.4, -0.2) is 34.6 Å². The largest absolute Gasteiger partial charge is 0.363 e. The Morgan fingerprint density at radius 3 is 2.71 bits per heavy atom. The molecule has 31 heavy (non-hydrogen) atoms. The Balaban J connectivity index is 1.89. The molecule has 6 nitrogen and oxygen atoms in total. The molecule has 0 radical (unpaired) electrons. The number of amides is 1. The normalized spacial score (nSPS) is 11.2. The van der Waals surface area contributed by atoms with Crippen molar-refractivity contribution in [1.29, 1.82) is 0 Å². The van der Waals surface area contributed by atoms with E-state index in [4.69, 9.17) is 0 Å². The number of alkyl halides is 2. The van der Waals surface area contributed by atoms with Gasteiger partial charge >= 0.3 is 0 Å². The van der Waals surface area contributed by atoms with Gasteiger partial charge in [0.1, 0.15) is 17.8 Å². The number of hydrogen-bond acceptors (Lipinski definition) is 7. The Morgan fingerprint density at radius 1 is 1.23 bits per heavy atom. The van der Waals surface area contributed by atoms with Gasteiger partial charge in [-0.05, 0) is 6.42 Å². The zero-order chi connectivity index (χ0) is 22.5. The fourth-order valence-corrected chi connectivity index (χ4v) is 4.09. The van der Waals surface area contributed by atoms with Crippen LogP contribution in [0.3, 0.4) is 0 Å². The zero-order valence-electron chi connectivity index (χ0n) is 15.9. The Morgan fingerprint density at radius 2 is 2.00 bits per heavy atom. The molecule has 0 atom stereocenters. The maximum absolute atomic E-state index is 14.7. The van der Waals surface area contributed by atoms with Crippen molar-refractivity contribution < 1.29 is 26.7 Å². The summed E-state index contributed by atoms with van der Waals surface area (Å²) in [4.78, 5) is 20.5. The molecule has 0 bridgehead atoms. The number of anilines is 3. The molecular weight excluding hydrogens is 461 g/mol. The van der Waals surface area contributed by atoms with Crippen LogP contribution in [0, 0.1) is 17.5 Å². The van der Waals surface area contributed by atoms with Crippen molar-refractivity contribution in [2.24, 2.45) is 0 Å². The lowest BCUT2D eigenvalue weighted by Crippen LogP contribution is -2.16. The Labute approximate surface area is 181 Å². The second-order valence-corrected chi connectivity index (χ2v) is 7.92. The van der Waals surface area contributed by atoms with E-state index in [0.717, 1.165) is 36.0 Å². The number of aromatic nitrogens is 2. The summed E-state index contributed by atoms with van der Waals surface area (Å²) in [7, 11) is 0. The quantitative estimate of drug-likeness (QED) is 0.163. The third kappa shape index (κ3) is 5.15. The van der Waals surface area contributed by atoms with Crippen LogP contribution in [0.1, 0.15) is 23.7 Å². The molecule has 2 heterocycles. The molecule has 0 saturated heterocycles. The van der Waals surface area contributed by atoms with Crippen LogP contribution >= 0.6 is 23.3 Å². The maximum atomic E-state index is 14.7. The average molecular weight is 477 g/mol. The van der Waals surface area contributed by atoms with Gasteiger partial charge in [-0.1, -0.05) is 18.9 Å². The van der Waals surface area contributed by atoms with Gasteiger partial charge < -0.3 is 15.4 Å². The van der Waals surface area contributed by atoms with E-state index in [1.54, 1.807) is 0 Å². The third-order valence-corrected chi connectivity index (χ3v) is 5.86. The average Bonchev–Trinajstić information content (AvgIpc) is 3.18. The summed E-state index contributed by atoms with van der Waals surface area (Å²) >= 11 is 2.09. The highest BCUT2D eigenvalue weighted by Crippen LogP contribution is 2.33. The molecule has 0 fully saturated rings. The van der Waals surface area contributed by atoms with Crippen molar-refractivity contribution in [2.45, 2.75) is 19.8 Å². The third-order valence-electron chi connectivity index (χ3n) is 3.91. The summed E-state index contributed by atoms with van der Waals surface area (Å²) in [6, 6.07) is 0.664. The lowest BCUT2D eigenvalue weighted by molar-refractivity contribution is 0.102. The lowest BCUT2D eigenvalue weighted by Gasteiger charge is -2.12. The minimum atomic E-state index is -2.62. The van der Waals surface area contributed by atoms with Gasteiger partial charge in [0.2, 0.25) is 0 Å². The molecule has 13 heteroatoms. The van der Waals surface area contributed by atoms with Crippen LogP contribution in [0.5, 0.6) is 0 Å². The summed E-state index contributed by atoms with van der Waals surface area (Å²) in [6.07, 6.45) is -0.783. The number of rotatable bonds is 9. The standard InChI is InChI=1S/C18H16F5N5OS2/c1-2-3-31-28-10-4-9(19)12(22)15(13(10)23)27-18(29)8-6-30-16-14(8)25-7-26-17(16)24-5-11(20)21/h4,6-7,11,28H,2-3,5H2,1H3,(H,27,29)(H,24,25,26). The van der Waals surface area contributed by atoms with E-state index in [9.17, 15) is 26.7 Å². The highest BCUT2D eigenvalue weighted by Gasteiger charge is 2.23. The van der Waals surface area contributed by atoms with E-state index in [1.165, 1.54) is 5.38 Å². The lowest BCUT2D eigenvalue weighted by atomic mass is 10.2. The van der Waals surface area contributed by atoms with Gasteiger partial charge in [-0.3, -0.25) is 4.79 Å². The van der Waals surface area contributed by atoms with Crippen molar-refractivity contribution in [3.63, 3.8) is 0 Å². The van der Waals surface area contributed by atoms with Crippen LogP contribution in [0.25, 0.3) is 10.2 Å². The van der Waals surface area contributed by atoms with Crippen molar-refractivity contribution >= 4 is 56.6 Å². The topological polar surface area (TPSA) is 78.9 Å². The van der Waals surface area contributed by atoms with E-state index in [0.29, 0.717) is 16.5 Å². The van der Waals surface area contributed by atoms with Gasteiger partial charge in [-0.2, -0.15) is 0 Å². The van der Waals surface area contributed by atoms with Gasteiger partial charge in [0.05, 0.1) is 28.0 Å². The molecule has 3 aromatic rings. The van der Waals surface area contributed by atoms with E-state index in [-0.39, 0.29) is 22.6 Å². The molecule has 0 aliphatic heterocycles. The maximum Gasteiger partial charge on any atom is 0.258 e. The molecule has 0 saturated carbocycles. The number of halogens is 5. The van der Waals surface area contributed by atoms with Gasteiger partial charge in [-0.15, -0.1) is 11.3 Å². The van der Waals surface area contributed by atoms with Crippen LogP contribution < -0.4 is 15.4 Å². The first kappa shape index (κ1) is 23.0. The summed E-state index contributed by atoms with van der Waals surface area (Å²) < 4.78 is 70.7. The van der Waals surface area contributed by atoms with E-state index >= 15 is 0 Å². The SMILES string of the molecule is CCCSNc1cc(F)c(F)c(NC(=O)c2csc3c(NCC(F)F)ncnc23)c1F. The van der Waals surface area contributed by atoms with E-state index in [1.807, 2.05) is 12.2 Å². The predicted molar refractivity (Wildman–Crippen MR) is 113 cm³/mol. The molecule has 1 aromatic carbocycles. The number of thiophene rings is 1. The summed E-state index contributed by atoms with van der Waals surface area (Å²) in [6.45, 7) is 1.24. The van der Waals surface area contributed by atoms with E-state index < -0.39 is 42.0 Å². The second-order valence-electron chi connectivity index (χ2n) is 6.13. The fraction of sp³-hybridized carbons (Fsp3) is 0.278. The Bertz CT molecular complexity index is 1090. The molecule has 0 aliphatic carbocycles. The first-order valence-electron chi connectivity index (χ1n) is 8.94. The van der Waals surface area contributed by atoms with Crippen molar-refractivity contribution in [2.75, 3.05) is 27.7 Å². The highest BCUT2D eigenvalue weighted by molar-refractivity contribution is 8.00. The summed E-state index contributed by atoms with van der Waals surface area (Å²) in [5, 5.41) is 5.83. The molecule has 0 spiro atoms. The van der Waals surface area contributed by atoms with Crippen LogP contribution in [0.2, 0.25) is 0 Å². The Hall–Kier alpha value is -2.67. The fourth-order valence-electron chi connectivity index (χ4n) is 2.51. The second kappa shape index (κ2) is 10.1. The molecule has 0 unspecified atom stereocenters. The van der Waals surface area contributed by atoms with Crippen molar-refractivity contribution in [3.05, 3.63) is 40.8 Å². The van der Waals surface area contributed by atoms with Gasteiger partial charge in [-0.25, -0.2) is 31.9 Å². The first-order valence-corrected chi connectivity index (χ1v) is 10.8. The number of hydrogen-bond donors (Lipinski definition) is 3. The molecule has 1 amide bonds. The number of nitrogens with zero attached hydrogens (tertiary/aromatic N) is 2. The summed E-state index contributed by atoms with van der Waals surface area (Å²) in [5.74, 6) is -4.30. The number of carbonyl (C=O) groups is 1. The smallest absolute Gasteiger partial charge is 0.258 e. The minimum Gasteiger partial charge on any atom is -0.363 e. The predicted octanol–water partition coefficient (Wildman–Crippen LogP) is 5.51. The number of carbonyl (C=O) groups excluding carboxylic acids is 1. The first-order chi connectivity index (χ1) is 14.8. The summed E-state index contributed by atoms with van der Waals surface area (Å²) in [5.41, 5.74) is -1.23. The van der Waals surface area contributed by atoms with Gasteiger partial charge in [0.15, 0.2) is 17.5 Å². The van der Waals surface area contributed by atoms with E-state index in [2.05, 4.69) is 20.0 Å². The monoisotopic (exact) mass is 477 g/mol. The van der Waals surface area contributed by atoms with Gasteiger partial charge in [0.25, 0.3) is 12.3 Å². The number of benzene rings is 1. The molecule has 3 N–H and O–H groups in total. The minimum absolute atomic E-state index is 0.0691. The number of nitrogens with one attached hydrogen (secondary N) is 3. The van der Waals surface area contributed by atoms with Crippen LogP contribution in [0.15, 0.2) is 17.8 Å². The molecule has 166 valence electrons. The molecule has 3 rings (SSSR count). The zero-order valence-corrected chi connectivity index (χ0v) is 17.6. The number of fused-ring (bicyclic) bond motifs is 1. The van der Waals surface area contributed by atoms with Gasteiger partial charge in [0, 0.05) is 17.2 Å². The molecule has 0 aliphatic rings. The highest BCUT2D eigenvalue weighted by atomic mass is 32.2. The van der Waals surface area contributed by atoms with Crippen molar-refractivity contribution in [3.8, 4) is 0 Å². The van der Waals surface area contributed by atoms with Crippen LogP contribution in [0.4, 0.5) is 39.1 Å².